The molecule has 1 unspecified atom stereocenters. The summed E-state index contributed by atoms with van der Waals surface area (Å²) in [7, 11) is 0. The number of nitrogens with zero attached hydrogens (tertiary/aromatic N) is 1. The summed E-state index contributed by atoms with van der Waals surface area (Å²) >= 11 is 2.38. The van der Waals surface area contributed by atoms with Crippen molar-refractivity contribution in [2.75, 3.05) is 19.6 Å². The van der Waals surface area contributed by atoms with Crippen LogP contribution in [0.5, 0.6) is 0 Å². The number of rotatable bonds is 7. The molecule has 1 aliphatic heterocycles. The van der Waals surface area contributed by atoms with Gasteiger partial charge in [0.05, 0.1) is 0 Å². The van der Waals surface area contributed by atoms with Crippen molar-refractivity contribution in [3.63, 3.8) is 0 Å². The van der Waals surface area contributed by atoms with E-state index in [4.69, 9.17) is 0 Å². The summed E-state index contributed by atoms with van der Waals surface area (Å²) in [5.41, 5.74) is 2.95. The van der Waals surface area contributed by atoms with Gasteiger partial charge in [-0.15, -0.1) is 0 Å². The first-order chi connectivity index (χ1) is 16.2. The minimum absolute atomic E-state index is 0.609. The molecule has 0 aromatic heterocycles. The van der Waals surface area contributed by atoms with Crippen LogP contribution in [0.3, 0.4) is 0 Å². The molecule has 1 heterocycles. The van der Waals surface area contributed by atoms with Gasteiger partial charge in [-0.3, -0.25) is 0 Å². The fraction of sp³-hybridized carbons (Fsp3) is 0.484. The Labute approximate surface area is 217 Å². The van der Waals surface area contributed by atoms with Crippen molar-refractivity contribution in [2.24, 2.45) is 5.92 Å². The minimum Gasteiger partial charge on any atom is -0.303 e. The molecule has 1 atom stereocenters. The molecule has 0 amide bonds. The lowest BCUT2D eigenvalue weighted by atomic mass is 9.88. The highest BCUT2D eigenvalue weighted by Gasteiger charge is 2.19. The van der Waals surface area contributed by atoms with Crippen molar-refractivity contribution >= 4 is 22.6 Å². The van der Waals surface area contributed by atoms with Gasteiger partial charge in [0.1, 0.15) is 0 Å². The Bertz CT molecular complexity index is 786. The molecule has 0 aromatic carbocycles. The Kier molecular flexibility index (Phi) is 15.2. The Hall–Kier alpha value is -1.39. The van der Waals surface area contributed by atoms with Gasteiger partial charge in [0, 0.05) is 10.1 Å². The molecule has 1 saturated heterocycles. The number of halogens is 1. The van der Waals surface area contributed by atoms with E-state index in [1.54, 1.807) is 0 Å². The maximum Gasteiger partial charge on any atom is 0.0130 e. The van der Waals surface area contributed by atoms with E-state index in [1.807, 2.05) is 0 Å². The van der Waals surface area contributed by atoms with E-state index < -0.39 is 0 Å². The number of unbranched alkanes of at least 4 members (excludes halogenated alkanes) is 2. The molecule has 1 nitrogen and oxygen atoms in total. The van der Waals surface area contributed by atoms with Gasteiger partial charge in [0.2, 0.25) is 0 Å². The third kappa shape index (κ3) is 12.6. The van der Waals surface area contributed by atoms with Gasteiger partial charge in [-0.2, -0.15) is 0 Å². The van der Waals surface area contributed by atoms with Crippen LogP contribution in [0.1, 0.15) is 71.6 Å². The molecule has 2 aliphatic rings. The van der Waals surface area contributed by atoms with Crippen LogP contribution in [0.2, 0.25) is 0 Å². The molecule has 1 fully saturated rings. The van der Waals surface area contributed by atoms with E-state index in [-0.39, 0.29) is 0 Å². The van der Waals surface area contributed by atoms with Crippen LogP contribution < -0.4 is 0 Å². The highest BCUT2D eigenvalue weighted by molar-refractivity contribution is 14.1. The zero-order valence-electron chi connectivity index (χ0n) is 20.9. The normalized spacial score (nSPS) is 30.9. The van der Waals surface area contributed by atoms with Crippen molar-refractivity contribution in [2.45, 2.75) is 71.6 Å². The van der Waals surface area contributed by atoms with E-state index in [0.717, 1.165) is 6.42 Å². The highest BCUT2D eigenvalue weighted by atomic mass is 127. The monoisotopic (exact) mass is 557 g/mol. The molecule has 2 rings (SSSR count). The predicted octanol–water partition coefficient (Wildman–Crippen LogP) is 9.44. The van der Waals surface area contributed by atoms with Crippen molar-refractivity contribution in [3.05, 3.63) is 93.7 Å². The third-order valence-electron chi connectivity index (χ3n) is 6.25. The third-order valence-corrected chi connectivity index (χ3v) is 6.97. The van der Waals surface area contributed by atoms with Crippen molar-refractivity contribution in [1.29, 1.82) is 0 Å². The molecule has 0 N–H and O–H groups in total. The summed E-state index contributed by atoms with van der Waals surface area (Å²) in [4.78, 5) is 2.73. The number of hydrogen-bond donors (Lipinski definition) is 0. The maximum atomic E-state index is 2.73. The molecule has 0 saturated carbocycles. The Morgan fingerprint density at radius 3 is 2.39 bits per heavy atom. The lowest BCUT2D eigenvalue weighted by molar-refractivity contribution is 0.215. The van der Waals surface area contributed by atoms with Gasteiger partial charge in [-0.05, 0) is 97.0 Å². The Morgan fingerprint density at radius 1 is 0.818 bits per heavy atom. The van der Waals surface area contributed by atoms with Crippen LogP contribution in [-0.4, -0.2) is 24.5 Å². The van der Waals surface area contributed by atoms with Gasteiger partial charge in [-0.25, -0.2) is 0 Å². The summed E-state index contributed by atoms with van der Waals surface area (Å²) in [6.07, 6.45) is 40.3. The zero-order chi connectivity index (χ0) is 23.6. The van der Waals surface area contributed by atoms with Gasteiger partial charge in [-0.1, -0.05) is 106 Å². The van der Waals surface area contributed by atoms with Crippen molar-refractivity contribution in [3.8, 4) is 0 Å². The van der Waals surface area contributed by atoms with E-state index in [2.05, 4.69) is 120 Å². The van der Waals surface area contributed by atoms with E-state index >= 15 is 0 Å². The summed E-state index contributed by atoms with van der Waals surface area (Å²) in [5, 5.41) is 0. The molecule has 33 heavy (non-hydrogen) atoms. The fourth-order valence-corrected chi connectivity index (χ4v) is 4.72. The Balaban J connectivity index is 2.38. The number of likely N-dealkylation sites (tertiary alicyclic amines) is 1. The summed E-state index contributed by atoms with van der Waals surface area (Å²) < 4.78 is 1.22. The number of hydrogen-bond acceptors (Lipinski definition) is 1. The number of allylic oxidation sites excluding steroid dienone is 15. The topological polar surface area (TPSA) is 3.24 Å². The first-order valence-corrected chi connectivity index (χ1v) is 14.2. The molecule has 0 aromatic rings. The van der Waals surface area contributed by atoms with Gasteiger partial charge < -0.3 is 4.90 Å². The smallest absolute Gasteiger partial charge is 0.0130 e. The minimum atomic E-state index is 0.609. The van der Waals surface area contributed by atoms with Gasteiger partial charge in [0.15, 0.2) is 0 Å². The van der Waals surface area contributed by atoms with Crippen LogP contribution in [0.25, 0.3) is 0 Å². The fourth-order valence-electron chi connectivity index (χ4n) is 4.31. The second-order valence-electron chi connectivity index (χ2n) is 9.11. The largest absolute Gasteiger partial charge is 0.303 e. The van der Waals surface area contributed by atoms with Crippen LogP contribution in [0.15, 0.2) is 93.7 Å². The Morgan fingerprint density at radius 2 is 1.55 bits per heavy atom. The quantitative estimate of drug-likeness (QED) is 0.282. The average molecular weight is 558 g/mol. The van der Waals surface area contributed by atoms with E-state index in [1.165, 1.54) is 85.7 Å². The molecule has 0 radical (unpaired) electrons. The standard InChI is InChI=1S/C31H44IN/c1-3-5-18-28-19-12-8-7-9-15-22-31(32)23-16-10-13-20-29(26-28)30-21-14-11-17-25-33(27-30)24-6-4-2/h7-10,12-13,15-16,19-20,22-23,26,30H,3-6,11,14,17-18,21,24-25,27H2,1-2H3/b8-7+,9-7?,12-8?,13-10-,15-9-,16-10?,19-12-,20-13?,22-15?,23-16+,28-19?,28-26-,29-20+,29-26?,31-22+,31-23?. The van der Waals surface area contributed by atoms with Crippen LogP contribution in [0.4, 0.5) is 0 Å². The van der Waals surface area contributed by atoms with Gasteiger partial charge >= 0.3 is 0 Å². The van der Waals surface area contributed by atoms with Crippen LogP contribution in [0, 0.1) is 5.92 Å². The van der Waals surface area contributed by atoms with Gasteiger partial charge in [0.25, 0.3) is 0 Å². The predicted molar refractivity (Wildman–Crippen MR) is 157 cm³/mol. The second kappa shape index (κ2) is 18.0. The molecule has 0 spiro atoms. The van der Waals surface area contributed by atoms with E-state index in [0.29, 0.717) is 5.92 Å². The molecule has 1 aliphatic carbocycles. The summed E-state index contributed by atoms with van der Waals surface area (Å²) in [6, 6.07) is 0. The van der Waals surface area contributed by atoms with Crippen LogP contribution >= 0.6 is 22.6 Å². The molecule has 2 heteroatoms. The second-order valence-corrected chi connectivity index (χ2v) is 10.4. The lowest BCUT2D eigenvalue weighted by Crippen LogP contribution is -2.33. The average Bonchev–Trinajstić information content (AvgIpc) is 2.79. The highest BCUT2D eigenvalue weighted by Crippen LogP contribution is 2.27. The first-order valence-electron chi connectivity index (χ1n) is 13.1. The summed E-state index contributed by atoms with van der Waals surface area (Å²) in [5.74, 6) is 0.609. The lowest BCUT2D eigenvalue weighted by Gasteiger charge is -2.31. The maximum absolute atomic E-state index is 2.73. The van der Waals surface area contributed by atoms with Crippen molar-refractivity contribution in [1.82, 2.24) is 4.90 Å². The molecule has 0 bridgehead atoms. The molecule has 180 valence electrons. The first kappa shape index (κ1) is 27.9. The zero-order valence-corrected chi connectivity index (χ0v) is 23.1. The summed E-state index contributed by atoms with van der Waals surface area (Å²) in [6.45, 7) is 8.29. The molecular weight excluding hydrogens is 513 g/mol. The SMILES string of the molecule is CCCCC1=C/C(C2CCCCCN(CCCC)C2)=C\C=C/C=C/C(I)=C\C=C/C=C/C=C\1. The molecular formula is C31H44IN. The van der Waals surface area contributed by atoms with E-state index in [9.17, 15) is 0 Å². The van der Waals surface area contributed by atoms with Crippen molar-refractivity contribution < 1.29 is 0 Å². The van der Waals surface area contributed by atoms with Crippen LogP contribution in [-0.2, 0) is 0 Å².